The molecule has 1 aromatic rings. The van der Waals surface area contributed by atoms with Gasteiger partial charge in [-0.2, -0.15) is 0 Å². The highest BCUT2D eigenvalue weighted by Gasteiger charge is 2.34. The average Bonchev–Trinajstić information content (AvgIpc) is 2.35. The first-order chi connectivity index (χ1) is 8.78. The van der Waals surface area contributed by atoms with Crippen LogP contribution in [0.4, 0.5) is 0 Å². The molecule has 0 fully saturated rings. The molecule has 1 aromatic carbocycles. The summed E-state index contributed by atoms with van der Waals surface area (Å²) in [7, 11) is 0. The number of phenols is 1. The molecule has 19 heavy (non-hydrogen) atoms. The van der Waals surface area contributed by atoms with Crippen molar-refractivity contribution in [2.75, 3.05) is 0 Å². The number of aromatic hydroxyl groups is 1. The first-order valence-electron chi connectivity index (χ1n) is 6.88. The van der Waals surface area contributed by atoms with Gasteiger partial charge in [0.15, 0.2) is 5.78 Å². The third-order valence-corrected chi connectivity index (χ3v) is 4.51. The zero-order valence-electron chi connectivity index (χ0n) is 12.4. The molecule has 0 radical (unpaired) electrons. The van der Waals surface area contributed by atoms with Crippen LogP contribution < -0.4 is 0 Å². The van der Waals surface area contributed by atoms with Crippen molar-refractivity contribution in [2.24, 2.45) is 5.92 Å². The van der Waals surface area contributed by atoms with Gasteiger partial charge in [0.2, 0.25) is 0 Å². The lowest BCUT2D eigenvalue weighted by molar-refractivity contribution is 0.0985. The van der Waals surface area contributed by atoms with E-state index in [1.54, 1.807) is 6.07 Å². The molecule has 1 atom stereocenters. The summed E-state index contributed by atoms with van der Waals surface area (Å²) in [5.74, 6) is 0.508. The molecule has 2 nitrogen and oxygen atoms in total. The molecule has 1 unspecified atom stereocenters. The van der Waals surface area contributed by atoms with Gasteiger partial charge >= 0.3 is 0 Å². The van der Waals surface area contributed by atoms with Crippen LogP contribution >= 0.6 is 0 Å². The van der Waals surface area contributed by atoms with Gasteiger partial charge in [0, 0.05) is 6.42 Å². The molecule has 2 rings (SSSR count). The van der Waals surface area contributed by atoms with E-state index in [9.17, 15) is 9.90 Å². The van der Waals surface area contributed by atoms with Crippen LogP contribution in [-0.2, 0) is 5.41 Å². The number of carbonyl (C=O) groups excluding carboxylic acids is 1. The number of hydrogen-bond acceptors (Lipinski definition) is 2. The predicted molar refractivity (Wildman–Crippen MR) is 78.6 cm³/mol. The Kier molecular flexibility index (Phi) is 3.29. The molecule has 1 aliphatic rings. The molecule has 1 aliphatic carbocycles. The zero-order chi connectivity index (χ0) is 14.4. The minimum absolute atomic E-state index is 0.00374. The number of carbonyl (C=O) groups is 1. The van der Waals surface area contributed by atoms with Crippen LogP contribution in [0.15, 0.2) is 18.2 Å². The standard InChI is InChI=1S/C17H22O2/c1-6-15(18)13-8-14-12(9-16(13)19)10(2)7-11(3)17(14,4)5/h7-9,11,19H,6H2,1-5H3. The number of ketones is 1. The molecule has 0 heterocycles. The fourth-order valence-corrected chi connectivity index (χ4v) is 2.78. The van der Waals surface area contributed by atoms with E-state index in [0.717, 1.165) is 11.1 Å². The summed E-state index contributed by atoms with van der Waals surface area (Å²) in [6.07, 6.45) is 2.65. The first-order valence-corrected chi connectivity index (χ1v) is 6.88. The maximum atomic E-state index is 11.9. The Morgan fingerprint density at radius 3 is 2.58 bits per heavy atom. The Balaban J connectivity index is 2.70. The molecule has 0 amide bonds. The average molecular weight is 258 g/mol. The SMILES string of the molecule is CCC(=O)c1cc2c(cc1O)C(C)=CC(C)C2(C)C. The molecule has 0 saturated carbocycles. The Bertz CT molecular complexity index is 565. The highest BCUT2D eigenvalue weighted by molar-refractivity contribution is 5.99. The van der Waals surface area contributed by atoms with Gasteiger partial charge in [0.1, 0.15) is 5.75 Å². The topological polar surface area (TPSA) is 37.3 Å². The number of rotatable bonds is 2. The maximum Gasteiger partial charge on any atom is 0.166 e. The van der Waals surface area contributed by atoms with Crippen molar-refractivity contribution in [1.29, 1.82) is 0 Å². The lowest BCUT2D eigenvalue weighted by atomic mass is 9.67. The minimum Gasteiger partial charge on any atom is -0.507 e. The van der Waals surface area contributed by atoms with Crippen LogP contribution in [0.1, 0.15) is 62.5 Å². The second kappa shape index (κ2) is 4.52. The van der Waals surface area contributed by atoms with Crippen molar-refractivity contribution in [3.63, 3.8) is 0 Å². The molecule has 102 valence electrons. The summed E-state index contributed by atoms with van der Waals surface area (Å²) in [6, 6.07) is 3.64. The molecule has 0 aromatic heterocycles. The van der Waals surface area contributed by atoms with Gasteiger partial charge in [-0.1, -0.05) is 33.8 Å². The highest BCUT2D eigenvalue weighted by atomic mass is 16.3. The number of benzene rings is 1. The van der Waals surface area contributed by atoms with Crippen molar-refractivity contribution < 1.29 is 9.90 Å². The summed E-state index contributed by atoms with van der Waals surface area (Å²) < 4.78 is 0. The molecule has 0 aliphatic heterocycles. The largest absolute Gasteiger partial charge is 0.507 e. The van der Waals surface area contributed by atoms with Gasteiger partial charge in [-0.05, 0) is 47.1 Å². The van der Waals surface area contributed by atoms with Crippen LogP contribution in [0.2, 0.25) is 0 Å². The van der Waals surface area contributed by atoms with Gasteiger partial charge in [-0.15, -0.1) is 0 Å². The van der Waals surface area contributed by atoms with Gasteiger partial charge in [-0.3, -0.25) is 4.79 Å². The second-order valence-corrected chi connectivity index (χ2v) is 6.05. The fourth-order valence-electron chi connectivity index (χ4n) is 2.78. The normalized spacial score (nSPS) is 20.7. The van der Waals surface area contributed by atoms with Crippen LogP contribution in [-0.4, -0.2) is 10.9 Å². The Hall–Kier alpha value is -1.57. The molecular formula is C17H22O2. The van der Waals surface area contributed by atoms with Crippen LogP contribution in [0, 0.1) is 5.92 Å². The monoisotopic (exact) mass is 258 g/mol. The lowest BCUT2D eigenvalue weighted by Gasteiger charge is -2.37. The van der Waals surface area contributed by atoms with E-state index in [0.29, 0.717) is 17.9 Å². The van der Waals surface area contributed by atoms with Gasteiger partial charge < -0.3 is 5.11 Å². The van der Waals surface area contributed by atoms with E-state index in [1.807, 2.05) is 13.0 Å². The molecule has 0 bridgehead atoms. The van der Waals surface area contributed by atoms with Crippen molar-refractivity contribution in [2.45, 2.75) is 46.5 Å². The fraction of sp³-hybridized carbons (Fsp3) is 0.471. The smallest absolute Gasteiger partial charge is 0.166 e. The number of allylic oxidation sites excluding steroid dienone is 2. The Labute approximate surface area is 115 Å². The summed E-state index contributed by atoms with van der Waals surface area (Å²) in [6.45, 7) is 10.5. The third kappa shape index (κ3) is 2.09. The quantitative estimate of drug-likeness (QED) is 0.802. The van der Waals surface area contributed by atoms with E-state index < -0.39 is 0 Å². The molecule has 1 N–H and O–H groups in total. The van der Waals surface area contributed by atoms with Crippen LogP contribution in [0.25, 0.3) is 5.57 Å². The highest BCUT2D eigenvalue weighted by Crippen LogP contribution is 2.44. The third-order valence-electron chi connectivity index (χ3n) is 4.51. The van der Waals surface area contributed by atoms with Crippen LogP contribution in [0.5, 0.6) is 5.75 Å². The van der Waals surface area contributed by atoms with E-state index in [2.05, 4.69) is 33.8 Å². The summed E-state index contributed by atoms with van der Waals surface area (Å²) in [4.78, 5) is 11.9. The van der Waals surface area contributed by atoms with E-state index in [4.69, 9.17) is 0 Å². The molecule has 0 saturated heterocycles. The van der Waals surface area contributed by atoms with Crippen molar-refractivity contribution in [3.05, 3.63) is 34.9 Å². The Morgan fingerprint density at radius 1 is 1.37 bits per heavy atom. The summed E-state index contributed by atoms with van der Waals surface area (Å²) >= 11 is 0. The van der Waals surface area contributed by atoms with Crippen molar-refractivity contribution in [3.8, 4) is 5.75 Å². The predicted octanol–water partition coefficient (Wildman–Crippen LogP) is 4.32. The number of phenolic OH excluding ortho intramolecular Hbond substituents is 1. The zero-order valence-corrected chi connectivity index (χ0v) is 12.4. The summed E-state index contributed by atoms with van der Waals surface area (Å²) in [5, 5.41) is 10.1. The molecule has 2 heteroatoms. The number of hydrogen-bond donors (Lipinski definition) is 1. The van der Waals surface area contributed by atoms with E-state index in [-0.39, 0.29) is 16.9 Å². The minimum atomic E-state index is -0.0225. The molecule has 0 spiro atoms. The van der Waals surface area contributed by atoms with Crippen LogP contribution in [0.3, 0.4) is 0 Å². The van der Waals surface area contributed by atoms with Gasteiger partial charge in [0.05, 0.1) is 5.56 Å². The number of Topliss-reactive ketones (excluding diaryl/α,β-unsaturated/α-hetero) is 1. The maximum absolute atomic E-state index is 11.9. The van der Waals surface area contributed by atoms with E-state index >= 15 is 0 Å². The second-order valence-electron chi connectivity index (χ2n) is 6.05. The van der Waals surface area contributed by atoms with Gasteiger partial charge in [-0.25, -0.2) is 0 Å². The van der Waals surface area contributed by atoms with Crippen molar-refractivity contribution >= 4 is 11.4 Å². The molecular weight excluding hydrogens is 236 g/mol. The Morgan fingerprint density at radius 2 is 2.00 bits per heavy atom. The van der Waals surface area contributed by atoms with Gasteiger partial charge in [0.25, 0.3) is 0 Å². The summed E-state index contributed by atoms with van der Waals surface area (Å²) in [5.41, 5.74) is 3.83. The van der Waals surface area contributed by atoms with E-state index in [1.165, 1.54) is 5.57 Å². The first kappa shape index (κ1) is 13.9. The lowest BCUT2D eigenvalue weighted by Crippen LogP contribution is -2.29. The van der Waals surface area contributed by atoms with Crippen molar-refractivity contribution in [1.82, 2.24) is 0 Å². The number of fused-ring (bicyclic) bond motifs is 1.